The van der Waals surface area contributed by atoms with E-state index in [2.05, 4.69) is 5.32 Å². The van der Waals surface area contributed by atoms with E-state index in [-0.39, 0.29) is 19.6 Å². The van der Waals surface area contributed by atoms with E-state index in [0.717, 1.165) is 0 Å². The molecule has 0 spiro atoms. The molecule has 2 fully saturated rings. The molecule has 0 saturated carbocycles. The molecule has 2 saturated heterocycles. The molecule has 1 amide bonds. The topological polar surface area (TPSA) is 184 Å². The van der Waals surface area contributed by atoms with Gasteiger partial charge in [-0.25, -0.2) is 4.79 Å². The van der Waals surface area contributed by atoms with Crippen LogP contribution in [0.4, 0.5) is 0 Å². The maximum absolute atomic E-state index is 11.7. The predicted octanol–water partition coefficient (Wildman–Crippen LogP) is -2.76. The number of aliphatic carboxylic acids is 1. The van der Waals surface area contributed by atoms with Crippen molar-refractivity contribution in [1.82, 2.24) is 5.32 Å². The Labute approximate surface area is 180 Å². The van der Waals surface area contributed by atoms with E-state index < -0.39 is 79.3 Å². The van der Waals surface area contributed by atoms with Crippen LogP contribution in [0.5, 0.6) is 0 Å². The van der Waals surface area contributed by atoms with Crippen molar-refractivity contribution in [3.8, 4) is 0 Å². The number of methoxy groups -OCH3 is 1. The molecule has 2 heterocycles. The van der Waals surface area contributed by atoms with Crippen molar-refractivity contribution >= 4 is 11.9 Å². The first-order valence-corrected chi connectivity index (χ1v) is 10.2. The molecule has 0 bridgehead atoms. The van der Waals surface area contributed by atoms with Gasteiger partial charge in [-0.1, -0.05) is 6.92 Å². The van der Waals surface area contributed by atoms with Crippen molar-refractivity contribution in [3.63, 3.8) is 0 Å². The monoisotopic (exact) mass is 451 g/mol. The molecule has 2 aliphatic rings. The smallest absolute Gasteiger partial charge is 0.333 e. The molecule has 0 aromatic rings. The third-order valence-corrected chi connectivity index (χ3v) is 5.75. The third kappa shape index (κ3) is 5.90. The van der Waals surface area contributed by atoms with Crippen LogP contribution in [0.1, 0.15) is 20.3 Å². The summed E-state index contributed by atoms with van der Waals surface area (Å²) in [6.45, 7) is 2.09. The summed E-state index contributed by atoms with van der Waals surface area (Å²) in [6.07, 6.45) is -9.22. The van der Waals surface area contributed by atoms with Gasteiger partial charge in [-0.2, -0.15) is 0 Å². The van der Waals surface area contributed by atoms with Crippen molar-refractivity contribution < 1.29 is 54.1 Å². The molecule has 12 heteroatoms. The number of aliphatic hydroxyl groups excluding tert-OH is 4. The lowest BCUT2D eigenvalue weighted by molar-refractivity contribution is -0.246. The first kappa shape index (κ1) is 25.9. The summed E-state index contributed by atoms with van der Waals surface area (Å²) in [4.78, 5) is 23.2. The second-order valence-electron chi connectivity index (χ2n) is 7.85. The van der Waals surface area contributed by atoms with Gasteiger partial charge in [0, 0.05) is 20.0 Å². The van der Waals surface area contributed by atoms with Gasteiger partial charge in [0.1, 0.15) is 36.6 Å². The van der Waals surface area contributed by atoms with Crippen molar-refractivity contribution in [2.24, 2.45) is 5.92 Å². The highest BCUT2D eigenvalue weighted by molar-refractivity contribution is 5.73. The van der Waals surface area contributed by atoms with Crippen LogP contribution in [0.15, 0.2) is 0 Å². The second-order valence-corrected chi connectivity index (χ2v) is 7.85. The van der Waals surface area contributed by atoms with Crippen LogP contribution in [0.25, 0.3) is 0 Å². The number of amides is 1. The number of nitrogens with one attached hydrogen (secondary N) is 1. The average molecular weight is 451 g/mol. The lowest BCUT2D eigenvalue weighted by atomic mass is 9.85. The summed E-state index contributed by atoms with van der Waals surface area (Å²) in [5.74, 6) is -2.49. The summed E-state index contributed by atoms with van der Waals surface area (Å²) in [7, 11) is 1.42. The van der Waals surface area contributed by atoms with Crippen molar-refractivity contribution in [1.29, 1.82) is 0 Å². The standard InChI is InChI=1S/C19H33NO11/c1-4-9-14(23)15(24)12(31-17(9)19(26)27)7-29-18-13(20-8(2)22)11(6-28-3)30-10(5-21)16(18)25/h9-18,21,23-25H,4-7H2,1-3H3,(H,20,22)(H,26,27)/t9-,10?,11-,12-,13?,14+,15?,16+,17?,18-/m0/s1. The van der Waals surface area contributed by atoms with E-state index in [0.29, 0.717) is 0 Å². The molecule has 12 nitrogen and oxygen atoms in total. The number of carboxylic acids is 1. The van der Waals surface area contributed by atoms with Crippen LogP contribution in [-0.2, 0) is 28.5 Å². The normalized spacial score (nSPS) is 41.0. The Balaban J connectivity index is 2.19. The first-order valence-electron chi connectivity index (χ1n) is 10.2. The third-order valence-electron chi connectivity index (χ3n) is 5.75. The number of hydrogen-bond acceptors (Lipinski definition) is 10. The van der Waals surface area contributed by atoms with E-state index in [4.69, 9.17) is 18.9 Å². The molecule has 2 rings (SSSR count). The fourth-order valence-electron chi connectivity index (χ4n) is 4.16. The maximum Gasteiger partial charge on any atom is 0.333 e. The first-order chi connectivity index (χ1) is 14.7. The zero-order valence-corrected chi connectivity index (χ0v) is 17.8. The van der Waals surface area contributed by atoms with Crippen molar-refractivity contribution in [2.75, 3.05) is 26.9 Å². The van der Waals surface area contributed by atoms with Gasteiger partial charge in [0.15, 0.2) is 6.10 Å². The van der Waals surface area contributed by atoms with Gasteiger partial charge >= 0.3 is 5.97 Å². The van der Waals surface area contributed by atoms with Crippen molar-refractivity contribution in [3.05, 3.63) is 0 Å². The molecule has 0 radical (unpaired) electrons. The zero-order chi connectivity index (χ0) is 23.3. The molecule has 180 valence electrons. The number of carbonyl (C=O) groups excluding carboxylic acids is 1. The molecule has 0 aliphatic carbocycles. The fraction of sp³-hybridized carbons (Fsp3) is 0.895. The van der Waals surface area contributed by atoms with Crippen LogP contribution in [0, 0.1) is 5.92 Å². The number of aliphatic hydroxyl groups is 4. The Morgan fingerprint density at radius 3 is 2.19 bits per heavy atom. The largest absolute Gasteiger partial charge is 0.479 e. The highest BCUT2D eigenvalue weighted by atomic mass is 16.6. The molecule has 31 heavy (non-hydrogen) atoms. The molecule has 6 N–H and O–H groups in total. The van der Waals surface area contributed by atoms with Crippen LogP contribution in [0.3, 0.4) is 0 Å². The van der Waals surface area contributed by atoms with E-state index >= 15 is 0 Å². The van der Waals surface area contributed by atoms with Crippen LogP contribution in [-0.4, -0.2) is 119 Å². The van der Waals surface area contributed by atoms with Crippen LogP contribution in [0.2, 0.25) is 0 Å². The highest BCUT2D eigenvalue weighted by Gasteiger charge is 2.49. The van der Waals surface area contributed by atoms with Gasteiger partial charge in [0.05, 0.1) is 32.0 Å². The van der Waals surface area contributed by atoms with E-state index in [1.54, 1.807) is 6.92 Å². The molecular weight excluding hydrogens is 418 g/mol. The Morgan fingerprint density at radius 1 is 1.00 bits per heavy atom. The van der Waals surface area contributed by atoms with E-state index in [1.165, 1.54) is 14.0 Å². The van der Waals surface area contributed by atoms with Gasteiger partial charge < -0.3 is 49.8 Å². The van der Waals surface area contributed by atoms with Crippen LogP contribution < -0.4 is 5.32 Å². The van der Waals surface area contributed by atoms with Crippen molar-refractivity contribution in [2.45, 2.75) is 75.1 Å². The average Bonchev–Trinajstić information content (AvgIpc) is 2.71. The Kier molecular flexibility index (Phi) is 9.58. The molecule has 0 aromatic carbocycles. The SMILES string of the molecule is CC[C@@H]1C(C(=O)O)O[C@@H](CO[C@H]2C(NC(C)=O)[C@H](COC)OC(CO)[C@H]2O)C(O)[C@@H]1O. The Bertz CT molecular complexity index is 605. The number of hydrogen-bond donors (Lipinski definition) is 6. The summed E-state index contributed by atoms with van der Waals surface area (Å²) in [5.41, 5.74) is 0. The number of rotatable bonds is 9. The van der Waals surface area contributed by atoms with Crippen LogP contribution >= 0.6 is 0 Å². The quantitative estimate of drug-likeness (QED) is 0.213. The number of carboxylic acid groups (broad SMARTS) is 1. The number of carbonyl (C=O) groups is 2. The molecule has 2 aliphatic heterocycles. The van der Waals surface area contributed by atoms with Gasteiger partial charge in [-0.05, 0) is 6.42 Å². The lowest BCUT2D eigenvalue weighted by Gasteiger charge is -2.46. The Hall–Kier alpha value is -1.38. The molecule has 4 unspecified atom stereocenters. The lowest BCUT2D eigenvalue weighted by Crippen LogP contribution is -2.66. The minimum atomic E-state index is -1.42. The summed E-state index contributed by atoms with van der Waals surface area (Å²) < 4.78 is 22.0. The second kappa shape index (κ2) is 11.5. The molecule has 0 aromatic heterocycles. The number of ether oxygens (including phenoxy) is 4. The summed E-state index contributed by atoms with van der Waals surface area (Å²) in [6, 6.07) is -0.862. The van der Waals surface area contributed by atoms with E-state index in [1.807, 2.05) is 0 Å². The van der Waals surface area contributed by atoms with Gasteiger partial charge in [-0.15, -0.1) is 0 Å². The zero-order valence-electron chi connectivity index (χ0n) is 17.8. The minimum absolute atomic E-state index is 0.0363. The van der Waals surface area contributed by atoms with E-state index in [9.17, 15) is 35.1 Å². The highest BCUT2D eigenvalue weighted by Crippen LogP contribution is 2.30. The van der Waals surface area contributed by atoms with Gasteiger partial charge in [0.2, 0.25) is 5.91 Å². The Morgan fingerprint density at radius 2 is 1.68 bits per heavy atom. The molecular formula is C19H33NO11. The van der Waals surface area contributed by atoms with Gasteiger partial charge in [-0.3, -0.25) is 4.79 Å². The fourth-order valence-corrected chi connectivity index (χ4v) is 4.16. The minimum Gasteiger partial charge on any atom is -0.479 e. The summed E-state index contributed by atoms with van der Waals surface area (Å²) in [5, 5.41) is 53.0. The summed E-state index contributed by atoms with van der Waals surface area (Å²) >= 11 is 0. The maximum atomic E-state index is 11.7. The predicted molar refractivity (Wildman–Crippen MR) is 103 cm³/mol. The molecule has 10 atom stereocenters. The van der Waals surface area contributed by atoms with Gasteiger partial charge in [0.25, 0.3) is 0 Å².